The van der Waals surface area contributed by atoms with Gasteiger partial charge in [-0.15, -0.1) is 0 Å². The molecule has 2 aromatic carbocycles. The van der Waals surface area contributed by atoms with Crippen molar-refractivity contribution < 1.29 is 29.3 Å². The van der Waals surface area contributed by atoms with E-state index in [2.05, 4.69) is 15.0 Å². The summed E-state index contributed by atoms with van der Waals surface area (Å²) in [7, 11) is 0. The van der Waals surface area contributed by atoms with Gasteiger partial charge in [0, 0.05) is 11.1 Å². The van der Waals surface area contributed by atoms with Gasteiger partial charge in [0.25, 0.3) is 0 Å². The van der Waals surface area contributed by atoms with Gasteiger partial charge in [-0.05, 0) is 12.0 Å². The molecule has 0 bridgehead atoms. The smallest absolute Gasteiger partial charge is 0.323 e. The molecule has 12 heteroatoms. The molecule has 38 heavy (non-hydrogen) atoms. The molecule has 2 aromatic heterocycles. The Morgan fingerprint density at radius 1 is 1.05 bits per heavy atom. The van der Waals surface area contributed by atoms with Crippen LogP contribution in [0.1, 0.15) is 27.7 Å². The van der Waals surface area contributed by atoms with Crippen LogP contribution in [0.2, 0.25) is 0 Å². The normalized spacial score (nSPS) is 21.9. The molecule has 0 spiro atoms. The molecule has 6 N–H and O–H groups in total. The molecule has 5 atom stereocenters. The fourth-order valence-corrected chi connectivity index (χ4v) is 4.38. The largest absolute Gasteiger partial charge is 0.453 e. The number of imidazole rings is 1. The average molecular weight is 519 g/mol. The van der Waals surface area contributed by atoms with Gasteiger partial charge in [0.1, 0.15) is 30.1 Å². The highest BCUT2D eigenvalue weighted by atomic mass is 16.6. The summed E-state index contributed by atoms with van der Waals surface area (Å²) in [6.45, 7) is -0.504. The maximum absolute atomic E-state index is 12.9. The Morgan fingerprint density at radius 3 is 2.47 bits per heavy atom. The molecular formula is C26H26N6O6. The van der Waals surface area contributed by atoms with Gasteiger partial charge < -0.3 is 31.2 Å². The van der Waals surface area contributed by atoms with Crippen molar-refractivity contribution in [1.29, 1.82) is 0 Å². The molecule has 5 rings (SSSR count). The Labute approximate surface area is 216 Å². The monoisotopic (exact) mass is 518 g/mol. The molecule has 0 radical (unpaired) electrons. The van der Waals surface area contributed by atoms with Gasteiger partial charge in [0.15, 0.2) is 29.6 Å². The van der Waals surface area contributed by atoms with Crippen LogP contribution in [0, 0.1) is 0 Å². The van der Waals surface area contributed by atoms with Crippen molar-refractivity contribution in [1.82, 2.24) is 19.5 Å². The van der Waals surface area contributed by atoms with Crippen LogP contribution in [0.25, 0.3) is 11.2 Å². The van der Waals surface area contributed by atoms with Crippen molar-refractivity contribution in [3.05, 3.63) is 83.9 Å². The molecule has 1 aliphatic rings. The second-order valence-electron chi connectivity index (χ2n) is 8.93. The summed E-state index contributed by atoms with van der Waals surface area (Å²) < 4.78 is 12.8. The van der Waals surface area contributed by atoms with Crippen LogP contribution >= 0.6 is 0 Å². The van der Waals surface area contributed by atoms with Gasteiger partial charge in [0.2, 0.25) is 0 Å². The summed E-state index contributed by atoms with van der Waals surface area (Å²) >= 11 is 0. The highest BCUT2D eigenvalue weighted by Gasteiger charge is 2.48. The number of ketones is 1. The third kappa shape index (κ3) is 4.85. The zero-order valence-corrected chi connectivity index (χ0v) is 20.1. The molecule has 0 amide bonds. The SMILES string of the molecule is Nc1ncnc2c1ncn2C1OC(CO)C(O)C1OC(=O)[C@H](N)Cc1ccc(C(=O)c2ccccc2)cc1. The number of aliphatic hydroxyl groups is 2. The Bertz CT molecular complexity index is 1440. The highest BCUT2D eigenvalue weighted by Crippen LogP contribution is 2.34. The number of hydrogen-bond acceptors (Lipinski definition) is 11. The van der Waals surface area contributed by atoms with Crippen molar-refractivity contribution in [2.75, 3.05) is 12.3 Å². The van der Waals surface area contributed by atoms with Crippen molar-refractivity contribution in [2.45, 2.75) is 37.0 Å². The van der Waals surface area contributed by atoms with E-state index in [-0.39, 0.29) is 18.0 Å². The van der Waals surface area contributed by atoms with Crippen LogP contribution in [0.15, 0.2) is 67.3 Å². The molecule has 1 aliphatic heterocycles. The number of carbonyl (C=O) groups is 2. The predicted molar refractivity (Wildman–Crippen MR) is 135 cm³/mol. The maximum atomic E-state index is 12.9. The van der Waals surface area contributed by atoms with Crippen molar-refractivity contribution in [2.24, 2.45) is 5.73 Å². The van der Waals surface area contributed by atoms with Crippen molar-refractivity contribution in [3.63, 3.8) is 0 Å². The molecule has 0 aliphatic carbocycles. The lowest BCUT2D eigenvalue weighted by Crippen LogP contribution is -2.42. The third-order valence-corrected chi connectivity index (χ3v) is 6.42. The number of ether oxygens (including phenoxy) is 2. The van der Waals surface area contributed by atoms with Crippen LogP contribution in [0.5, 0.6) is 0 Å². The number of esters is 1. The second kappa shape index (κ2) is 10.6. The zero-order valence-electron chi connectivity index (χ0n) is 20.1. The molecule has 12 nitrogen and oxygen atoms in total. The number of rotatable bonds is 8. The fraction of sp³-hybridized carbons (Fsp3) is 0.269. The summed E-state index contributed by atoms with van der Waals surface area (Å²) in [5.74, 6) is -0.734. The number of anilines is 1. The van der Waals surface area contributed by atoms with Crippen LogP contribution in [-0.2, 0) is 20.7 Å². The summed E-state index contributed by atoms with van der Waals surface area (Å²) in [5, 5.41) is 20.4. The van der Waals surface area contributed by atoms with Gasteiger partial charge in [0.05, 0.1) is 12.9 Å². The molecule has 3 heterocycles. The first-order chi connectivity index (χ1) is 18.4. The van der Waals surface area contributed by atoms with E-state index < -0.39 is 43.2 Å². The second-order valence-corrected chi connectivity index (χ2v) is 8.93. The van der Waals surface area contributed by atoms with Gasteiger partial charge in [-0.25, -0.2) is 15.0 Å². The van der Waals surface area contributed by atoms with Gasteiger partial charge in [-0.1, -0.05) is 54.6 Å². The molecule has 1 saturated heterocycles. The maximum Gasteiger partial charge on any atom is 0.323 e. The molecule has 0 saturated carbocycles. The van der Waals surface area contributed by atoms with E-state index in [0.29, 0.717) is 22.3 Å². The molecule has 1 fully saturated rings. The number of aliphatic hydroxyl groups excluding tert-OH is 2. The summed E-state index contributed by atoms with van der Waals surface area (Å²) in [6, 6.07) is 14.7. The minimum Gasteiger partial charge on any atom is -0.453 e. The molecule has 4 aromatic rings. The molecule has 4 unspecified atom stereocenters. The van der Waals surface area contributed by atoms with Crippen molar-refractivity contribution >= 4 is 28.7 Å². The minimum atomic E-state index is -1.33. The van der Waals surface area contributed by atoms with Crippen LogP contribution < -0.4 is 11.5 Å². The predicted octanol–water partition coefficient (Wildman–Crippen LogP) is 0.372. The van der Waals surface area contributed by atoms with E-state index >= 15 is 0 Å². The quantitative estimate of drug-likeness (QED) is 0.186. The van der Waals surface area contributed by atoms with Crippen LogP contribution in [0.3, 0.4) is 0 Å². The fourth-order valence-electron chi connectivity index (χ4n) is 4.38. The summed E-state index contributed by atoms with van der Waals surface area (Å²) in [5.41, 5.74) is 14.4. The number of nitrogens with two attached hydrogens (primary N) is 2. The lowest BCUT2D eigenvalue weighted by molar-refractivity contribution is -0.160. The molecular weight excluding hydrogens is 492 g/mol. The number of carbonyl (C=O) groups excluding carboxylic acids is 2. The van der Waals surface area contributed by atoms with E-state index in [1.54, 1.807) is 48.5 Å². The number of nitrogen functional groups attached to an aromatic ring is 1. The number of benzene rings is 2. The summed E-state index contributed by atoms with van der Waals surface area (Å²) in [6.07, 6.45) is -1.83. The van der Waals surface area contributed by atoms with Gasteiger partial charge in [-0.2, -0.15) is 0 Å². The lowest BCUT2D eigenvalue weighted by Gasteiger charge is -2.23. The zero-order chi connectivity index (χ0) is 26.8. The third-order valence-electron chi connectivity index (χ3n) is 6.42. The standard InChI is InChI=1S/C26H26N6O6/c27-17(10-14-6-8-16(9-7-14)20(34)15-4-2-1-3-5-15)26(36)38-22-21(35)18(11-33)37-25(22)32-13-31-19-23(28)29-12-30-24(19)32/h1-9,12-13,17-18,21-22,25,33,35H,10-11,27H2,(H2,28,29,30)/t17-,18?,21?,22?,25?/m1/s1. The first-order valence-electron chi connectivity index (χ1n) is 11.9. The number of hydrogen-bond donors (Lipinski definition) is 4. The Hall–Kier alpha value is -4.23. The Balaban J connectivity index is 1.29. The van der Waals surface area contributed by atoms with Crippen molar-refractivity contribution in [3.8, 4) is 0 Å². The first-order valence-corrected chi connectivity index (χ1v) is 11.9. The van der Waals surface area contributed by atoms with Crippen LogP contribution in [0.4, 0.5) is 5.82 Å². The number of fused-ring (bicyclic) bond motifs is 1. The summed E-state index contributed by atoms with van der Waals surface area (Å²) in [4.78, 5) is 37.8. The minimum absolute atomic E-state index is 0.111. The van der Waals surface area contributed by atoms with E-state index in [1.165, 1.54) is 17.2 Å². The highest BCUT2D eigenvalue weighted by molar-refractivity contribution is 6.08. The molecule has 196 valence electrons. The number of nitrogens with zero attached hydrogens (tertiary/aromatic N) is 4. The topological polar surface area (TPSA) is 189 Å². The van der Waals surface area contributed by atoms with Gasteiger partial charge in [-0.3, -0.25) is 14.2 Å². The first kappa shape index (κ1) is 25.4. The lowest BCUT2D eigenvalue weighted by atomic mass is 10.00. The van der Waals surface area contributed by atoms with E-state index in [4.69, 9.17) is 20.9 Å². The van der Waals surface area contributed by atoms with E-state index in [0.717, 1.165) is 5.56 Å². The van der Waals surface area contributed by atoms with E-state index in [9.17, 15) is 19.8 Å². The average Bonchev–Trinajstić information content (AvgIpc) is 3.50. The van der Waals surface area contributed by atoms with Crippen LogP contribution in [-0.4, -0.2) is 72.4 Å². The Morgan fingerprint density at radius 2 is 1.76 bits per heavy atom. The number of aromatic nitrogens is 4. The Kier molecular flexibility index (Phi) is 7.11. The van der Waals surface area contributed by atoms with E-state index in [1.807, 2.05) is 6.07 Å². The van der Waals surface area contributed by atoms with Gasteiger partial charge >= 0.3 is 5.97 Å².